The Morgan fingerprint density at radius 1 is 1.33 bits per heavy atom. The predicted octanol–water partition coefficient (Wildman–Crippen LogP) is 2.66. The van der Waals surface area contributed by atoms with E-state index in [4.69, 9.17) is 0 Å². The molecule has 1 aliphatic rings. The minimum Gasteiger partial charge on any atom is -0.361 e. The number of hydrogen-bond donors (Lipinski definition) is 2. The number of anilines is 1. The number of amides is 2. The van der Waals surface area contributed by atoms with Crippen LogP contribution in [0.5, 0.6) is 0 Å². The first-order valence-corrected chi connectivity index (χ1v) is 9.96. The van der Waals surface area contributed by atoms with Gasteiger partial charge in [0.2, 0.25) is 11.8 Å². The van der Waals surface area contributed by atoms with Crippen LogP contribution in [0.15, 0.2) is 48.8 Å². The molecule has 30 heavy (non-hydrogen) atoms. The zero-order valence-electron chi connectivity index (χ0n) is 17.2. The van der Waals surface area contributed by atoms with Crippen LogP contribution < -0.4 is 5.32 Å². The van der Waals surface area contributed by atoms with Crippen molar-refractivity contribution in [3.8, 4) is 0 Å². The van der Waals surface area contributed by atoms with E-state index in [-0.39, 0.29) is 18.4 Å². The molecule has 2 aromatic heterocycles. The van der Waals surface area contributed by atoms with Crippen LogP contribution in [0.3, 0.4) is 0 Å². The van der Waals surface area contributed by atoms with Gasteiger partial charge in [0.1, 0.15) is 5.82 Å². The Morgan fingerprint density at radius 3 is 3.03 bits per heavy atom. The molecular weight excluding hydrogens is 378 g/mol. The molecule has 7 heteroatoms. The number of H-pyrrole nitrogens is 1. The van der Waals surface area contributed by atoms with Gasteiger partial charge < -0.3 is 20.1 Å². The van der Waals surface area contributed by atoms with Crippen molar-refractivity contribution < 1.29 is 9.59 Å². The molecule has 0 radical (unpaired) electrons. The molecule has 0 fully saturated rings. The van der Waals surface area contributed by atoms with Crippen molar-refractivity contribution in [1.82, 2.24) is 19.8 Å². The second-order valence-corrected chi connectivity index (χ2v) is 7.58. The summed E-state index contributed by atoms with van der Waals surface area (Å²) < 4.78 is 0. The standard InChI is InChI=1S/C23H25N5O2/c1-27(10-9-17-13-24-20-6-4-3-5-19(17)20)21(29)8-7-16-11-18-15-28(2)22(30)14-26-23(18)25-12-16/h3-8,11-13,24H,9-10,14-15H2,1-2H3,(H,25,26). The summed E-state index contributed by atoms with van der Waals surface area (Å²) in [4.78, 5) is 35.4. The topological polar surface area (TPSA) is 81.3 Å². The molecule has 0 bridgehead atoms. The van der Waals surface area contributed by atoms with Crippen LogP contribution in [0.25, 0.3) is 17.0 Å². The lowest BCUT2D eigenvalue weighted by molar-refractivity contribution is -0.128. The fourth-order valence-electron chi connectivity index (χ4n) is 3.57. The van der Waals surface area contributed by atoms with Crippen LogP contribution in [0.4, 0.5) is 5.82 Å². The van der Waals surface area contributed by atoms with Crippen LogP contribution in [-0.2, 0) is 22.6 Å². The van der Waals surface area contributed by atoms with Crippen molar-refractivity contribution in [1.29, 1.82) is 0 Å². The summed E-state index contributed by atoms with van der Waals surface area (Å²) >= 11 is 0. The smallest absolute Gasteiger partial charge is 0.246 e. The van der Waals surface area contributed by atoms with E-state index < -0.39 is 0 Å². The monoisotopic (exact) mass is 403 g/mol. The van der Waals surface area contributed by atoms with Crippen LogP contribution in [0, 0.1) is 0 Å². The van der Waals surface area contributed by atoms with E-state index in [1.165, 1.54) is 10.9 Å². The zero-order valence-corrected chi connectivity index (χ0v) is 17.2. The van der Waals surface area contributed by atoms with Crippen molar-refractivity contribution in [3.63, 3.8) is 0 Å². The van der Waals surface area contributed by atoms with Gasteiger partial charge in [-0.15, -0.1) is 0 Å². The van der Waals surface area contributed by atoms with Crippen molar-refractivity contribution in [3.05, 3.63) is 65.5 Å². The summed E-state index contributed by atoms with van der Waals surface area (Å²) in [6, 6.07) is 10.1. The second kappa shape index (κ2) is 8.41. The molecule has 1 aliphatic heterocycles. The summed E-state index contributed by atoms with van der Waals surface area (Å²) in [5.41, 5.74) is 4.08. The van der Waals surface area contributed by atoms with Gasteiger partial charge in [-0.2, -0.15) is 0 Å². The number of nitrogens with one attached hydrogen (secondary N) is 2. The Kier molecular flexibility index (Phi) is 5.52. The van der Waals surface area contributed by atoms with E-state index in [0.717, 1.165) is 23.1 Å². The average Bonchev–Trinajstić information content (AvgIpc) is 3.11. The maximum Gasteiger partial charge on any atom is 0.246 e. The summed E-state index contributed by atoms with van der Waals surface area (Å²) in [5, 5.41) is 4.25. The number of carbonyl (C=O) groups is 2. The highest BCUT2D eigenvalue weighted by molar-refractivity contribution is 5.91. The quantitative estimate of drug-likeness (QED) is 0.642. The molecule has 2 amide bonds. The maximum atomic E-state index is 12.5. The molecule has 3 heterocycles. The number of aromatic amines is 1. The third kappa shape index (κ3) is 4.20. The van der Waals surface area contributed by atoms with Gasteiger partial charge in [0.25, 0.3) is 0 Å². The number of carbonyl (C=O) groups excluding carboxylic acids is 2. The summed E-state index contributed by atoms with van der Waals surface area (Å²) in [6.45, 7) is 1.37. The molecule has 2 N–H and O–H groups in total. The molecule has 7 nitrogen and oxygen atoms in total. The number of likely N-dealkylation sites (N-methyl/N-ethyl adjacent to an activating group) is 2. The predicted molar refractivity (Wildman–Crippen MR) is 118 cm³/mol. The molecule has 0 spiro atoms. The number of fused-ring (bicyclic) bond motifs is 2. The first kappa shape index (κ1) is 19.7. The molecule has 0 atom stereocenters. The maximum absolute atomic E-state index is 12.5. The normalized spacial score (nSPS) is 13.9. The van der Waals surface area contributed by atoms with Gasteiger partial charge in [-0.3, -0.25) is 9.59 Å². The largest absolute Gasteiger partial charge is 0.361 e. The van der Waals surface area contributed by atoms with E-state index >= 15 is 0 Å². The summed E-state index contributed by atoms with van der Waals surface area (Å²) in [7, 11) is 3.58. The van der Waals surface area contributed by atoms with Crippen LogP contribution in [0.2, 0.25) is 0 Å². The summed E-state index contributed by atoms with van der Waals surface area (Å²) in [5.74, 6) is 0.680. The van der Waals surface area contributed by atoms with Gasteiger partial charge in [0, 0.05) is 62.1 Å². The van der Waals surface area contributed by atoms with E-state index in [1.54, 1.807) is 42.2 Å². The molecule has 3 aromatic rings. The van der Waals surface area contributed by atoms with Gasteiger partial charge in [-0.05, 0) is 35.8 Å². The zero-order chi connectivity index (χ0) is 21.1. The van der Waals surface area contributed by atoms with Crippen molar-refractivity contribution in [2.75, 3.05) is 32.5 Å². The highest BCUT2D eigenvalue weighted by atomic mass is 16.2. The Balaban J connectivity index is 1.38. The minimum absolute atomic E-state index is 0.0251. The first-order valence-electron chi connectivity index (χ1n) is 9.96. The SMILES string of the molecule is CN(CCc1c[nH]c2ccccc12)C(=O)C=Cc1cnc2c(c1)CN(C)C(=O)CN2. The summed E-state index contributed by atoms with van der Waals surface area (Å²) in [6.07, 6.45) is 7.84. The van der Waals surface area contributed by atoms with Crippen LogP contribution in [-0.4, -0.2) is 58.8 Å². The highest BCUT2D eigenvalue weighted by Crippen LogP contribution is 2.20. The second-order valence-electron chi connectivity index (χ2n) is 7.58. The third-order valence-electron chi connectivity index (χ3n) is 5.41. The lowest BCUT2D eigenvalue weighted by Crippen LogP contribution is -2.28. The third-order valence-corrected chi connectivity index (χ3v) is 5.41. The Hall–Kier alpha value is -3.61. The minimum atomic E-state index is -0.0600. The van der Waals surface area contributed by atoms with E-state index in [2.05, 4.69) is 21.4 Å². The first-order chi connectivity index (χ1) is 14.5. The Labute approximate surface area is 175 Å². The van der Waals surface area contributed by atoms with E-state index in [1.807, 2.05) is 30.5 Å². The molecule has 4 rings (SSSR count). The molecule has 0 saturated carbocycles. The molecule has 1 aromatic carbocycles. The fraction of sp³-hybridized carbons (Fsp3) is 0.261. The average molecular weight is 403 g/mol. The molecule has 0 unspecified atom stereocenters. The number of rotatable bonds is 5. The molecule has 0 saturated heterocycles. The van der Waals surface area contributed by atoms with Crippen molar-refractivity contribution in [2.45, 2.75) is 13.0 Å². The van der Waals surface area contributed by atoms with E-state index in [0.29, 0.717) is 18.9 Å². The number of hydrogen-bond acceptors (Lipinski definition) is 4. The highest BCUT2D eigenvalue weighted by Gasteiger charge is 2.17. The van der Waals surface area contributed by atoms with Gasteiger partial charge in [0.15, 0.2) is 0 Å². The number of benzene rings is 1. The lowest BCUT2D eigenvalue weighted by atomic mass is 10.1. The van der Waals surface area contributed by atoms with Crippen LogP contribution >= 0.6 is 0 Å². The van der Waals surface area contributed by atoms with Gasteiger partial charge >= 0.3 is 0 Å². The fourth-order valence-corrected chi connectivity index (χ4v) is 3.57. The molecule has 0 aliphatic carbocycles. The lowest BCUT2D eigenvalue weighted by Gasteiger charge is -2.15. The Morgan fingerprint density at radius 2 is 2.17 bits per heavy atom. The van der Waals surface area contributed by atoms with Crippen molar-refractivity contribution >= 4 is 34.6 Å². The number of pyridine rings is 1. The molecule has 154 valence electrons. The van der Waals surface area contributed by atoms with Gasteiger partial charge in [0.05, 0.1) is 6.54 Å². The van der Waals surface area contributed by atoms with Gasteiger partial charge in [-0.1, -0.05) is 18.2 Å². The number of nitrogens with zero attached hydrogens (tertiary/aromatic N) is 3. The number of para-hydroxylation sites is 1. The van der Waals surface area contributed by atoms with E-state index in [9.17, 15) is 9.59 Å². The number of aromatic nitrogens is 2. The Bertz CT molecular complexity index is 1120. The van der Waals surface area contributed by atoms with Crippen LogP contribution in [0.1, 0.15) is 16.7 Å². The van der Waals surface area contributed by atoms with Crippen molar-refractivity contribution in [2.24, 2.45) is 0 Å². The van der Waals surface area contributed by atoms with Gasteiger partial charge in [-0.25, -0.2) is 4.98 Å². The molecular formula is C23H25N5O2.